The van der Waals surface area contributed by atoms with Crippen molar-refractivity contribution in [2.24, 2.45) is 4.99 Å². The van der Waals surface area contributed by atoms with E-state index < -0.39 is 0 Å². The van der Waals surface area contributed by atoms with Gasteiger partial charge in [-0.2, -0.15) is 0 Å². The van der Waals surface area contributed by atoms with Gasteiger partial charge in [0, 0.05) is 36.1 Å². The minimum atomic E-state index is -0.333. The smallest absolute Gasteiger partial charge is 0.337 e. The number of carbonyl (C=O) groups is 1. The molecule has 0 atom stereocenters. The summed E-state index contributed by atoms with van der Waals surface area (Å²) in [4.78, 5) is 20.9. The molecule has 1 aliphatic rings. The lowest BCUT2D eigenvalue weighted by Gasteiger charge is -2.18. The van der Waals surface area contributed by atoms with Crippen LogP contribution >= 0.6 is 11.3 Å². The van der Waals surface area contributed by atoms with E-state index in [-0.39, 0.29) is 5.97 Å². The first kappa shape index (κ1) is 21.1. The molecule has 0 saturated carbocycles. The van der Waals surface area contributed by atoms with Crippen LogP contribution < -0.4 is 10.6 Å². The fourth-order valence-electron chi connectivity index (χ4n) is 3.53. The predicted octanol–water partition coefficient (Wildman–Crippen LogP) is 4.57. The Morgan fingerprint density at radius 1 is 1.19 bits per heavy atom. The number of hydrogen-bond donors (Lipinski definition) is 2. The predicted molar refractivity (Wildman–Crippen MR) is 126 cm³/mol. The lowest BCUT2D eigenvalue weighted by molar-refractivity contribution is 0.0601. The number of carbonyl (C=O) groups excluding carboxylic acids is 1. The average Bonchev–Trinajstić information content (AvgIpc) is 3.26. The molecule has 160 valence electrons. The van der Waals surface area contributed by atoms with Crippen LogP contribution in [-0.2, 0) is 11.2 Å². The molecule has 0 fully saturated rings. The van der Waals surface area contributed by atoms with E-state index in [9.17, 15) is 4.79 Å². The molecule has 2 heterocycles. The average molecular weight is 435 g/mol. The molecular weight excluding hydrogens is 408 g/mol. The van der Waals surface area contributed by atoms with E-state index in [4.69, 9.17) is 9.72 Å². The lowest BCUT2D eigenvalue weighted by Crippen LogP contribution is -2.35. The maximum absolute atomic E-state index is 11.6. The van der Waals surface area contributed by atoms with Gasteiger partial charge in [0.15, 0.2) is 5.96 Å². The van der Waals surface area contributed by atoms with Crippen molar-refractivity contribution in [3.63, 3.8) is 0 Å². The summed E-state index contributed by atoms with van der Waals surface area (Å²) in [5, 5.41) is 9.85. The largest absolute Gasteiger partial charge is 0.465 e. The van der Waals surface area contributed by atoms with E-state index in [2.05, 4.69) is 47.0 Å². The molecule has 2 N–H and O–H groups in total. The highest BCUT2D eigenvalue weighted by Gasteiger charge is 2.12. The topological polar surface area (TPSA) is 75.6 Å². The number of rotatable bonds is 5. The number of ether oxygens (including phenoxy) is 1. The lowest BCUT2D eigenvalue weighted by atomic mass is 10.0. The molecular formula is C24H26N4O2S. The van der Waals surface area contributed by atoms with E-state index in [1.165, 1.54) is 23.8 Å². The highest BCUT2D eigenvalue weighted by atomic mass is 32.1. The van der Waals surface area contributed by atoms with Gasteiger partial charge < -0.3 is 15.4 Å². The highest BCUT2D eigenvalue weighted by molar-refractivity contribution is 7.10. The van der Waals surface area contributed by atoms with Crippen LogP contribution in [-0.4, -0.2) is 37.1 Å². The second-order valence-corrected chi connectivity index (χ2v) is 8.54. The maximum atomic E-state index is 11.6. The van der Waals surface area contributed by atoms with Gasteiger partial charge in [0.05, 0.1) is 23.4 Å². The second-order valence-electron chi connectivity index (χ2n) is 7.60. The number of anilines is 1. The van der Waals surface area contributed by atoms with E-state index in [1.54, 1.807) is 23.5 Å². The summed E-state index contributed by atoms with van der Waals surface area (Å²) < 4.78 is 4.76. The van der Waals surface area contributed by atoms with E-state index in [0.29, 0.717) is 5.56 Å². The van der Waals surface area contributed by atoms with Gasteiger partial charge in [0.25, 0.3) is 0 Å². The number of benzene rings is 2. The van der Waals surface area contributed by atoms with Crippen LogP contribution in [0, 0.1) is 13.8 Å². The van der Waals surface area contributed by atoms with Crippen LogP contribution in [0.3, 0.4) is 0 Å². The fraction of sp³-hybridized carbons (Fsp3) is 0.292. The zero-order valence-electron chi connectivity index (χ0n) is 18.0. The van der Waals surface area contributed by atoms with E-state index in [1.807, 2.05) is 12.1 Å². The summed E-state index contributed by atoms with van der Waals surface area (Å²) >= 11 is 1.65. The van der Waals surface area contributed by atoms with Crippen LogP contribution in [0.1, 0.15) is 38.5 Å². The van der Waals surface area contributed by atoms with Crippen molar-refractivity contribution in [1.29, 1.82) is 0 Å². The Morgan fingerprint density at radius 3 is 2.71 bits per heavy atom. The molecule has 6 nitrogen and oxygen atoms in total. The summed E-state index contributed by atoms with van der Waals surface area (Å²) in [6.45, 7) is 6.07. The molecule has 0 saturated heterocycles. The Hall–Kier alpha value is -3.19. The zero-order valence-corrected chi connectivity index (χ0v) is 18.8. The first-order chi connectivity index (χ1) is 15.0. The third-order valence-corrected chi connectivity index (χ3v) is 6.18. The van der Waals surface area contributed by atoms with Crippen LogP contribution in [0.5, 0.6) is 0 Å². The highest BCUT2D eigenvalue weighted by Crippen LogP contribution is 2.27. The summed E-state index contributed by atoms with van der Waals surface area (Å²) in [5.74, 6) is 0.518. The van der Waals surface area contributed by atoms with Crippen molar-refractivity contribution >= 4 is 29.0 Å². The van der Waals surface area contributed by atoms with Gasteiger partial charge in [-0.25, -0.2) is 9.78 Å². The van der Waals surface area contributed by atoms with Gasteiger partial charge >= 0.3 is 5.97 Å². The Labute approximate surface area is 186 Å². The zero-order chi connectivity index (χ0) is 21.8. The van der Waals surface area contributed by atoms with Crippen LogP contribution in [0.4, 0.5) is 5.69 Å². The summed E-state index contributed by atoms with van der Waals surface area (Å²) in [7, 11) is 1.39. The standard InChI is InChI=1S/C24H26N4O2S/c1-15-12-20(28-24-25-9-4-10-26-24)16(2)11-19(15)13-22-27-21(14-31-22)17-5-7-18(8-6-17)23(29)30-3/h5-8,11-12,14H,4,9-10,13H2,1-3H3,(H2,25,26,28). The summed E-state index contributed by atoms with van der Waals surface area (Å²) in [6, 6.07) is 11.8. The molecule has 1 aromatic heterocycles. The number of thiazole rings is 1. The number of aromatic nitrogens is 1. The van der Waals surface area contributed by atoms with Crippen molar-refractivity contribution in [3.8, 4) is 11.3 Å². The number of nitrogens with one attached hydrogen (secondary N) is 2. The van der Waals surface area contributed by atoms with Gasteiger partial charge in [-0.05, 0) is 55.2 Å². The normalized spacial score (nSPS) is 13.3. The van der Waals surface area contributed by atoms with Gasteiger partial charge in [-0.1, -0.05) is 18.2 Å². The second kappa shape index (κ2) is 9.31. The number of hydrogen-bond acceptors (Lipinski definition) is 7. The Bertz CT molecular complexity index is 1120. The van der Waals surface area contributed by atoms with Gasteiger partial charge in [0.2, 0.25) is 0 Å². The van der Waals surface area contributed by atoms with Crippen LogP contribution in [0.15, 0.2) is 46.8 Å². The first-order valence-electron chi connectivity index (χ1n) is 10.3. The maximum Gasteiger partial charge on any atom is 0.337 e. The first-order valence-corrected chi connectivity index (χ1v) is 11.2. The van der Waals surface area contributed by atoms with E-state index in [0.717, 1.165) is 53.8 Å². The number of methoxy groups -OCH3 is 1. The fourth-order valence-corrected chi connectivity index (χ4v) is 4.35. The van der Waals surface area contributed by atoms with Crippen LogP contribution in [0.2, 0.25) is 0 Å². The molecule has 31 heavy (non-hydrogen) atoms. The molecule has 0 radical (unpaired) electrons. The van der Waals surface area contributed by atoms with Crippen molar-refractivity contribution in [2.45, 2.75) is 26.7 Å². The third-order valence-electron chi connectivity index (χ3n) is 5.33. The van der Waals surface area contributed by atoms with E-state index >= 15 is 0 Å². The molecule has 4 rings (SSSR count). The molecule has 0 amide bonds. The molecule has 0 spiro atoms. The summed E-state index contributed by atoms with van der Waals surface area (Å²) in [5.41, 5.74) is 7.21. The Morgan fingerprint density at radius 2 is 2.00 bits per heavy atom. The number of aryl methyl sites for hydroxylation is 2. The molecule has 0 unspecified atom stereocenters. The quantitative estimate of drug-likeness (QED) is 0.576. The molecule has 1 aliphatic heterocycles. The Balaban J connectivity index is 1.48. The van der Waals surface area contributed by atoms with Crippen molar-refractivity contribution in [3.05, 3.63) is 69.0 Å². The van der Waals surface area contributed by atoms with Crippen LogP contribution in [0.25, 0.3) is 11.3 Å². The summed E-state index contributed by atoms with van der Waals surface area (Å²) in [6.07, 6.45) is 1.87. The molecule has 2 aromatic carbocycles. The number of aliphatic imine (C=N–C) groups is 1. The number of guanidine groups is 1. The van der Waals surface area contributed by atoms with Crippen molar-refractivity contribution in [2.75, 3.05) is 25.5 Å². The third kappa shape index (κ3) is 4.94. The Kier molecular flexibility index (Phi) is 6.32. The minimum Gasteiger partial charge on any atom is -0.465 e. The number of esters is 1. The van der Waals surface area contributed by atoms with Gasteiger partial charge in [-0.15, -0.1) is 11.3 Å². The molecule has 3 aromatic rings. The molecule has 0 aliphatic carbocycles. The molecule has 0 bridgehead atoms. The SMILES string of the molecule is COC(=O)c1ccc(-c2csc(Cc3cc(C)c(NC4=NCCCN4)cc3C)n2)cc1. The monoisotopic (exact) mass is 434 g/mol. The van der Waals surface area contributed by atoms with Crippen molar-refractivity contribution in [1.82, 2.24) is 10.3 Å². The molecule has 7 heteroatoms. The number of nitrogens with zero attached hydrogens (tertiary/aromatic N) is 2. The van der Waals surface area contributed by atoms with Gasteiger partial charge in [-0.3, -0.25) is 4.99 Å². The van der Waals surface area contributed by atoms with Gasteiger partial charge in [0.1, 0.15) is 0 Å². The van der Waals surface area contributed by atoms with Crippen molar-refractivity contribution < 1.29 is 9.53 Å². The minimum absolute atomic E-state index is 0.333.